The number of carboxylic acid groups (broad SMARTS) is 1. The van der Waals surface area contributed by atoms with E-state index in [-0.39, 0.29) is 13.0 Å². The van der Waals surface area contributed by atoms with Gasteiger partial charge in [-0.3, -0.25) is 4.79 Å². The highest BCUT2D eigenvalue weighted by atomic mass is 16.5. The third kappa shape index (κ3) is 7.48. The molecule has 0 heterocycles. The first-order valence-corrected chi connectivity index (χ1v) is 5.85. The van der Waals surface area contributed by atoms with E-state index in [1.54, 1.807) is 0 Å². The smallest absolute Gasteiger partial charge is 0.326 e. The molecule has 0 fully saturated rings. The van der Waals surface area contributed by atoms with Gasteiger partial charge in [-0.05, 0) is 6.42 Å². The van der Waals surface area contributed by atoms with Crippen LogP contribution in [-0.2, 0) is 14.3 Å². The van der Waals surface area contributed by atoms with Crippen LogP contribution < -0.4 is 10.6 Å². The van der Waals surface area contributed by atoms with Gasteiger partial charge in [-0.15, -0.1) is 0 Å². The third-order valence-corrected chi connectivity index (χ3v) is 2.29. The average molecular weight is 260 g/mol. The molecular weight excluding hydrogens is 240 g/mol. The summed E-state index contributed by atoms with van der Waals surface area (Å²) in [6.07, 6.45) is 2.02. The van der Waals surface area contributed by atoms with Gasteiger partial charge in [0, 0.05) is 6.54 Å². The van der Waals surface area contributed by atoms with Crippen molar-refractivity contribution in [2.24, 2.45) is 0 Å². The van der Waals surface area contributed by atoms with Gasteiger partial charge < -0.3 is 20.5 Å². The van der Waals surface area contributed by atoms with E-state index < -0.39 is 24.0 Å². The van der Waals surface area contributed by atoms with E-state index in [2.05, 4.69) is 15.4 Å². The highest BCUT2D eigenvalue weighted by Gasteiger charge is 2.18. The second-order valence-electron chi connectivity index (χ2n) is 3.76. The average Bonchev–Trinajstić information content (AvgIpc) is 2.33. The topological polar surface area (TPSA) is 105 Å². The molecule has 2 amide bonds. The Morgan fingerprint density at radius 1 is 1.33 bits per heavy atom. The van der Waals surface area contributed by atoms with Crippen LogP contribution >= 0.6 is 0 Å². The number of ether oxygens (including phenoxy) is 1. The van der Waals surface area contributed by atoms with E-state index in [0.717, 1.165) is 12.8 Å². The Bertz CT molecular complexity index is 293. The molecule has 0 spiro atoms. The number of hydrogen-bond donors (Lipinski definition) is 3. The van der Waals surface area contributed by atoms with E-state index in [1.807, 2.05) is 6.92 Å². The predicted molar refractivity (Wildman–Crippen MR) is 64.1 cm³/mol. The second kappa shape index (κ2) is 9.26. The lowest BCUT2D eigenvalue weighted by Gasteiger charge is -2.14. The van der Waals surface area contributed by atoms with Gasteiger partial charge in [-0.25, -0.2) is 9.59 Å². The van der Waals surface area contributed by atoms with Gasteiger partial charge in [-0.1, -0.05) is 19.8 Å². The lowest BCUT2D eigenvalue weighted by molar-refractivity contribution is -0.141. The van der Waals surface area contributed by atoms with E-state index in [1.165, 1.54) is 7.11 Å². The molecule has 0 saturated heterocycles. The van der Waals surface area contributed by atoms with Crippen molar-refractivity contribution in [3.05, 3.63) is 0 Å². The Balaban J connectivity index is 3.94. The summed E-state index contributed by atoms with van der Waals surface area (Å²) in [5.74, 6) is -1.50. The van der Waals surface area contributed by atoms with Crippen molar-refractivity contribution >= 4 is 18.0 Å². The normalized spacial score (nSPS) is 11.4. The van der Waals surface area contributed by atoms with Gasteiger partial charge in [0.1, 0.15) is 6.04 Å². The highest BCUT2D eigenvalue weighted by Crippen LogP contribution is 2.00. The van der Waals surface area contributed by atoms with Crippen molar-refractivity contribution in [2.75, 3.05) is 13.7 Å². The zero-order valence-corrected chi connectivity index (χ0v) is 10.7. The Morgan fingerprint density at radius 3 is 2.50 bits per heavy atom. The van der Waals surface area contributed by atoms with Crippen LogP contribution in [0.5, 0.6) is 0 Å². The summed E-state index contributed by atoms with van der Waals surface area (Å²) in [7, 11) is 1.26. The monoisotopic (exact) mass is 260 g/mol. The molecule has 0 bridgehead atoms. The molecule has 0 saturated carbocycles. The minimum Gasteiger partial charge on any atom is -0.480 e. The van der Waals surface area contributed by atoms with E-state index in [9.17, 15) is 14.4 Å². The molecule has 0 unspecified atom stereocenters. The molecule has 104 valence electrons. The SMILES string of the molecule is CCCC[C@H](NC(=O)NCCC(=O)OC)C(=O)O. The quantitative estimate of drug-likeness (QED) is 0.551. The summed E-state index contributed by atoms with van der Waals surface area (Å²) in [6.45, 7) is 2.05. The number of methoxy groups -OCH3 is 1. The van der Waals surface area contributed by atoms with Crippen LogP contribution in [0.4, 0.5) is 4.79 Å². The molecular formula is C11H20N2O5. The Hall–Kier alpha value is -1.79. The maximum Gasteiger partial charge on any atom is 0.326 e. The number of unbranched alkanes of at least 4 members (excludes halogenated alkanes) is 1. The summed E-state index contributed by atoms with van der Waals surface area (Å²) in [6, 6.07) is -1.49. The maximum absolute atomic E-state index is 11.4. The van der Waals surface area contributed by atoms with Gasteiger partial charge >= 0.3 is 18.0 Å². The lowest BCUT2D eigenvalue weighted by atomic mass is 10.1. The fraction of sp³-hybridized carbons (Fsp3) is 0.727. The van der Waals surface area contributed by atoms with Crippen LogP contribution in [-0.4, -0.2) is 42.8 Å². The largest absolute Gasteiger partial charge is 0.480 e. The molecule has 0 aliphatic carbocycles. The van der Waals surface area contributed by atoms with Crippen LogP contribution in [0.2, 0.25) is 0 Å². The van der Waals surface area contributed by atoms with Gasteiger partial charge in [0.05, 0.1) is 13.5 Å². The number of rotatable bonds is 8. The first kappa shape index (κ1) is 16.2. The first-order valence-electron chi connectivity index (χ1n) is 5.85. The fourth-order valence-corrected chi connectivity index (χ4v) is 1.26. The number of carboxylic acids is 1. The molecule has 0 aromatic rings. The minimum atomic E-state index is -1.06. The number of esters is 1. The number of urea groups is 1. The molecule has 0 aromatic carbocycles. The molecule has 0 aliphatic rings. The molecule has 1 atom stereocenters. The molecule has 0 rings (SSSR count). The van der Waals surface area contributed by atoms with Crippen LogP contribution in [0.3, 0.4) is 0 Å². The summed E-state index contributed by atoms with van der Waals surface area (Å²) < 4.78 is 4.40. The number of carbonyl (C=O) groups is 3. The van der Waals surface area contributed by atoms with Crippen molar-refractivity contribution in [1.82, 2.24) is 10.6 Å². The summed E-state index contributed by atoms with van der Waals surface area (Å²) >= 11 is 0. The van der Waals surface area contributed by atoms with E-state index in [4.69, 9.17) is 5.11 Å². The van der Waals surface area contributed by atoms with Gasteiger partial charge in [-0.2, -0.15) is 0 Å². The number of aliphatic carboxylic acids is 1. The summed E-state index contributed by atoms with van der Waals surface area (Å²) in [5.41, 5.74) is 0. The summed E-state index contributed by atoms with van der Waals surface area (Å²) in [5, 5.41) is 13.6. The fourth-order valence-electron chi connectivity index (χ4n) is 1.26. The van der Waals surface area contributed by atoms with Crippen LogP contribution in [0.1, 0.15) is 32.6 Å². The van der Waals surface area contributed by atoms with Crippen molar-refractivity contribution in [3.63, 3.8) is 0 Å². The zero-order valence-electron chi connectivity index (χ0n) is 10.7. The summed E-state index contributed by atoms with van der Waals surface area (Å²) in [4.78, 5) is 33.0. The van der Waals surface area contributed by atoms with Crippen LogP contribution in [0, 0.1) is 0 Å². The Labute approximate surface area is 106 Å². The number of carbonyl (C=O) groups excluding carboxylic acids is 2. The molecule has 0 aromatic heterocycles. The van der Waals surface area contributed by atoms with E-state index in [0.29, 0.717) is 6.42 Å². The van der Waals surface area contributed by atoms with Gasteiger partial charge in [0.2, 0.25) is 0 Å². The number of hydrogen-bond acceptors (Lipinski definition) is 4. The molecule has 7 heteroatoms. The van der Waals surface area contributed by atoms with Crippen molar-refractivity contribution in [3.8, 4) is 0 Å². The van der Waals surface area contributed by atoms with E-state index >= 15 is 0 Å². The molecule has 0 aliphatic heterocycles. The number of amides is 2. The molecule has 7 nitrogen and oxygen atoms in total. The van der Waals surface area contributed by atoms with Crippen molar-refractivity contribution in [2.45, 2.75) is 38.6 Å². The second-order valence-corrected chi connectivity index (χ2v) is 3.76. The zero-order chi connectivity index (χ0) is 14.0. The van der Waals surface area contributed by atoms with Crippen molar-refractivity contribution < 1.29 is 24.2 Å². The van der Waals surface area contributed by atoms with Crippen molar-refractivity contribution in [1.29, 1.82) is 0 Å². The predicted octanol–water partition coefficient (Wildman–Crippen LogP) is 0.492. The highest BCUT2D eigenvalue weighted by molar-refractivity contribution is 5.82. The number of nitrogens with one attached hydrogen (secondary N) is 2. The Kier molecular flexibility index (Phi) is 8.34. The van der Waals surface area contributed by atoms with Crippen LogP contribution in [0.15, 0.2) is 0 Å². The first-order chi connectivity index (χ1) is 8.51. The molecule has 18 heavy (non-hydrogen) atoms. The van der Waals surface area contributed by atoms with Crippen LogP contribution in [0.25, 0.3) is 0 Å². The maximum atomic E-state index is 11.4. The minimum absolute atomic E-state index is 0.0522. The lowest BCUT2D eigenvalue weighted by Crippen LogP contribution is -2.46. The third-order valence-electron chi connectivity index (χ3n) is 2.29. The van der Waals surface area contributed by atoms with Gasteiger partial charge in [0.15, 0.2) is 0 Å². The molecule has 0 radical (unpaired) electrons. The Morgan fingerprint density at radius 2 is 2.00 bits per heavy atom. The molecule has 3 N–H and O–H groups in total. The standard InChI is InChI=1S/C11H20N2O5/c1-3-4-5-8(10(15)16)13-11(17)12-7-6-9(14)18-2/h8H,3-7H2,1-2H3,(H,15,16)(H2,12,13,17)/t8-/m0/s1. The van der Waals surface area contributed by atoms with Gasteiger partial charge in [0.25, 0.3) is 0 Å².